The van der Waals surface area contributed by atoms with Crippen molar-refractivity contribution in [3.05, 3.63) is 42.4 Å². The van der Waals surface area contributed by atoms with E-state index in [9.17, 15) is 4.79 Å². The number of rotatable bonds is 5. The molecule has 0 radical (unpaired) electrons. The Morgan fingerprint density at radius 3 is 2.75 bits per heavy atom. The third-order valence-corrected chi connectivity index (χ3v) is 4.27. The van der Waals surface area contributed by atoms with Crippen molar-refractivity contribution < 1.29 is 4.79 Å². The van der Waals surface area contributed by atoms with Crippen LogP contribution in [0, 0.1) is 5.92 Å². The molecule has 0 bridgehead atoms. The Morgan fingerprint density at radius 1 is 1.25 bits per heavy atom. The smallest absolute Gasteiger partial charge is 0.159 e. The number of ketones is 1. The molecule has 1 aliphatic carbocycles. The van der Waals surface area contributed by atoms with Gasteiger partial charge in [-0.25, -0.2) is 14.5 Å². The van der Waals surface area contributed by atoms with E-state index in [1.165, 1.54) is 0 Å². The van der Waals surface area contributed by atoms with E-state index in [4.69, 9.17) is 0 Å². The largest absolute Gasteiger partial charge is 0.363 e. The van der Waals surface area contributed by atoms with Gasteiger partial charge in [0.05, 0.1) is 12.1 Å². The molecular formula is C18H19N5O. The van der Waals surface area contributed by atoms with Gasteiger partial charge < -0.3 is 4.90 Å². The molecule has 0 aliphatic heterocycles. The zero-order valence-electron chi connectivity index (χ0n) is 13.8. The second-order valence-corrected chi connectivity index (χ2v) is 6.43. The third-order valence-electron chi connectivity index (χ3n) is 4.27. The summed E-state index contributed by atoms with van der Waals surface area (Å²) in [5.41, 5.74) is 2.64. The van der Waals surface area contributed by atoms with E-state index in [2.05, 4.69) is 15.1 Å². The lowest BCUT2D eigenvalue weighted by atomic mass is 10.2. The Morgan fingerprint density at radius 2 is 2.08 bits per heavy atom. The molecule has 6 nitrogen and oxygen atoms in total. The van der Waals surface area contributed by atoms with E-state index in [0.717, 1.165) is 35.6 Å². The monoisotopic (exact) mass is 321 g/mol. The maximum Gasteiger partial charge on any atom is 0.159 e. The van der Waals surface area contributed by atoms with Crippen molar-refractivity contribution in [3.63, 3.8) is 0 Å². The van der Waals surface area contributed by atoms with E-state index in [1.54, 1.807) is 4.52 Å². The van der Waals surface area contributed by atoms with Crippen LogP contribution in [-0.4, -0.2) is 39.5 Å². The molecule has 3 aromatic rings. The number of nitrogens with zero attached hydrogens (tertiary/aromatic N) is 5. The number of aromatic nitrogens is 4. The van der Waals surface area contributed by atoms with Gasteiger partial charge in [-0.05, 0) is 37.1 Å². The predicted molar refractivity (Wildman–Crippen MR) is 92.0 cm³/mol. The lowest BCUT2D eigenvalue weighted by molar-refractivity contribution is -0.119. The molecule has 1 aliphatic rings. The first-order chi connectivity index (χ1) is 11.6. The minimum atomic E-state index is 0.235. The number of carbonyl (C=O) groups is 1. The summed E-state index contributed by atoms with van der Waals surface area (Å²) in [6.07, 6.45) is 4.19. The Bertz CT molecular complexity index is 893. The van der Waals surface area contributed by atoms with Crippen molar-refractivity contribution in [2.24, 2.45) is 5.92 Å². The van der Waals surface area contributed by atoms with Crippen LogP contribution in [0.4, 0.5) is 5.82 Å². The third kappa shape index (κ3) is 2.75. The molecule has 4 rings (SSSR count). The first kappa shape index (κ1) is 14.8. The van der Waals surface area contributed by atoms with Crippen LogP contribution < -0.4 is 4.90 Å². The van der Waals surface area contributed by atoms with Gasteiger partial charge in [-0.3, -0.25) is 4.79 Å². The van der Waals surface area contributed by atoms with Crippen LogP contribution in [0.15, 0.2) is 36.5 Å². The number of fused-ring (bicyclic) bond motifs is 1. The lowest BCUT2D eigenvalue weighted by Crippen LogP contribution is -2.10. The average Bonchev–Trinajstić information content (AvgIpc) is 3.35. The Kier molecular flexibility index (Phi) is 3.52. The first-order valence-corrected chi connectivity index (χ1v) is 8.13. The van der Waals surface area contributed by atoms with E-state index in [1.807, 2.05) is 55.5 Å². The number of hydrogen-bond acceptors (Lipinski definition) is 5. The highest BCUT2D eigenvalue weighted by Gasteiger charge is 2.30. The molecule has 0 saturated heterocycles. The maximum absolute atomic E-state index is 12.0. The summed E-state index contributed by atoms with van der Waals surface area (Å²) in [6.45, 7) is 0. The second-order valence-electron chi connectivity index (χ2n) is 6.43. The van der Waals surface area contributed by atoms with Gasteiger partial charge in [0.2, 0.25) is 0 Å². The van der Waals surface area contributed by atoms with Gasteiger partial charge in [-0.2, -0.15) is 5.10 Å². The van der Waals surface area contributed by atoms with Crippen LogP contribution >= 0.6 is 0 Å². The Balaban J connectivity index is 1.69. The van der Waals surface area contributed by atoms with Gasteiger partial charge in [0.25, 0.3) is 0 Å². The Hall–Kier alpha value is -2.76. The van der Waals surface area contributed by atoms with Gasteiger partial charge in [0.1, 0.15) is 11.6 Å². The van der Waals surface area contributed by atoms with Crippen molar-refractivity contribution in [3.8, 4) is 11.3 Å². The van der Waals surface area contributed by atoms with Gasteiger partial charge >= 0.3 is 0 Å². The Labute approximate surface area is 140 Å². The van der Waals surface area contributed by atoms with E-state index in [0.29, 0.717) is 12.2 Å². The van der Waals surface area contributed by atoms with Crippen molar-refractivity contribution in [2.45, 2.75) is 19.3 Å². The van der Waals surface area contributed by atoms with Crippen LogP contribution in [0.25, 0.3) is 16.9 Å². The molecular weight excluding hydrogens is 302 g/mol. The molecule has 1 saturated carbocycles. The summed E-state index contributed by atoms with van der Waals surface area (Å²) in [5, 5.41) is 4.54. The molecule has 6 heteroatoms. The second kappa shape index (κ2) is 5.70. The molecule has 3 aromatic heterocycles. The number of carbonyl (C=O) groups excluding carboxylic acids is 1. The molecule has 0 unspecified atom stereocenters. The fourth-order valence-corrected chi connectivity index (χ4v) is 2.75. The SMILES string of the molecule is CN(C)c1ccc(-c2cccc3nc(CC(=O)C4CC4)nn23)cn1. The summed E-state index contributed by atoms with van der Waals surface area (Å²) in [5.74, 6) is 1.99. The molecule has 0 N–H and O–H groups in total. The highest BCUT2D eigenvalue weighted by Crippen LogP contribution is 2.30. The summed E-state index contributed by atoms with van der Waals surface area (Å²) in [6, 6.07) is 9.84. The molecule has 1 fully saturated rings. The lowest BCUT2D eigenvalue weighted by Gasteiger charge is -2.11. The number of hydrogen-bond donors (Lipinski definition) is 0. The summed E-state index contributed by atoms with van der Waals surface area (Å²) in [7, 11) is 3.92. The van der Waals surface area contributed by atoms with Crippen LogP contribution in [0.1, 0.15) is 18.7 Å². The molecule has 3 heterocycles. The molecule has 0 amide bonds. The van der Waals surface area contributed by atoms with Crippen molar-refractivity contribution in [1.29, 1.82) is 0 Å². The highest BCUT2D eigenvalue weighted by atomic mass is 16.1. The van der Waals surface area contributed by atoms with Crippen LogP contribution in [-0.2, 0) is 11.2 Å². The molecule has 122 valence electrons. The standard InChI is InChI=1S/C18H19N5O/c1-22(2)17-9-8-13(11-19-17)14-4-3-5-18-20-16(21-23(14)18)10-15(24)12-6-7-12/h3-5,8-9,11-12H,6-7,10H2,1-2H3. The number of pyridine rings is 2. The van der Waals surface area contributed by atoms with Crippen molar-refractivity contribution in [2.75, 3.05) is 19.0 Å². The zero-order valence-corrected chi connectivity index (χ0v) is 13.8. The predicted octanol–water partition coefficient (Wildman–Crippen LogP) is 2.38. The van der Waals surface area contributed by atoms with E-state index >= 15 is 0 Å². The summed E-state index contributed by atoms with van der Waals surface area (Å²) in [4.78, 5) is 22.9. The van der Waals surface area contributed by atoms with E-state index < -0.39 is 0 Å². The molecule has 0 aromatic carbocycles. The van der Waals surface area contributed by atoms with Gasteiger partial charge in [-0.1, -0.05) is 6.07 Å². The van der Waals surface area contributed by atoms with Crippen LogP contribution in [0.3, 0.4) is 0 Å². The number of Topliss-reactive ketones (excluding diaryl/α,β-unsaturated/α-hetero) is 1. The minimum Gasteiger partial charge on any atom is -0.363 e. The topological polar surface area (TPSA) is 63.4 Å². The van der Waals surface area contributed by atoms with Gasteiger partial charge in [0.15, 0.2) is 11.5 Å². The quantitative estimate of drug-likeness (QED) is 0.722. The van der Waals surface area contributed by atoms with Gasteiger partial charge in [0, 0.05) is 31.8 Å². The normalized spacial score (nSPS) is 14.1. The van der Waals surface area contributed by atoms with Gasteiger partial charge in [-0.15, -0.1) is 0 Å². The molecule has 0 atom stereocenters. The van der Waals surface area contributed by atoms with Crippen molar-refractivity contribution in [1.82, 2.24) is 19.6 Å². The zero-order chi connectivity index (χ0) is 16.7. The van der Waals surface area contributed by atoms with Crippen LogP contribution in [0.5, 0.6) is 0 Å². The summed E-state index contributed by atoms with van der Waals surface area (Å²) >= 11 is 0. The maximum atomic E-state index is 12.0. The average molecular weight is 321 g/mol. The van der Waals surface area contributed by atoms with E-state index in [-0.39, 0.29) is 11.7 Å². The fraction of sp³-hybridized carbons (Fsp3) is 0.333. The highest BCUT2D eigenvalue weighted by molar-refractivity contribution is 5.84. The first-order valence-electron chi connectivity index (χ1n) is 8.13. The van der Waals surface area contributed by atoms with Crippen molar-refractivity contribution >= 4 is 17.2 Å². The number of anilines is 1. The fourth-order valence-electron chi connectivity index (χ4n) is 2.75. The molecule has 0 spiro atoms. The van der Waals surface area contributed by atoms with Crippen LogP contribution in [0.2, 0.25) is 0 Å². The minimum absolute atomic E-state index is 0.235. The molecule has 24 heavy (non-hydrogen) atoms. The summed E-state index contributed by atoms with van der Waals surface area (Å²) < 4.78 is 1.79.